The molecule has 0 aliphatic carbocycles. The van der Waals surface area contributed by atoms with Crippen molar-refractivity contribution in [1.29, 1.82) is 5.26 Å². The number of carbonyl (C=O) groups excluding carboxylic acids is 2. The maximum Gasteiger partial charge on any atom is 0.266 e. The molecule has 8 nitrogen and oxygen atoms in total. The lowest BCUT2D eigenvalue weighted by Crippen LogP contribution is -2.34. The van der Waals surface area contributed by atoms with Crippen LogP contribution in [0.2, 0.25) is 0 Å². The Kier molecular flexibility index (Phi) is 6.83. The van der Waals surface area contributed by atoms with Crippen LogP contribution in [-0.4, -0.2) is 34.9 Å². The van der Waals surface area contributed by atoms with Crippen LogP contribution >= 0.6 is 0 Å². The molecule has 0 saturated heterocycles. The minimum Gasteiger partial charge on any atom is -0.354 e. The zero-order chi connectivity index (χ0) is 19.8. The Morgan fingerprint density at radius 3 is 2.67 bits per heavy atom. The minimum atomic E-state index is -0.412. The first-order chi connectivity index (χ1) is 12.9. The van der Waals surface area contributed by atoms with Crippen molar-refractivity contribution in [1.82, 2.24) is 20.6 Å². The Balaban J connectivity index is 1.80. The van der Waals surface area contributed by atoms with E-state index in [-0.39, 0.29) is 23.8 Å². The van der Waals surface area contributed by atoms with Crippen LogP contribution in [-0.2, 0) is 11.2 Å². The molecule has 0 fully saturated rings. The van der Waals surface area contributed by atoms with Gasteiger partial charge < -0.3 is 15.6 Å². The predicted octanol–water partition coefficient (Wildman–Crippen LogP) is 0.737. The van der Waals surface area contributed by atoms with Crippen LogP contribution in [0.25, 0.3) is 0 Å². The van der Waals surface area contributed by atoms with Crippen molar-refractivity contribution < 1.29 is 9.59 Å². The summed E-state index contributed by atoms with van der Waals surface area (Å²) in [7, 11) is 0. The van der Waals surface area contributed by atoms with E-state index in [1.807, 2.05) is 6.07 Å². The first kappa shape index (κ1) is 19.8. The Morgan fingerprint density at radius 1 is 1.26 bits per heavy atom. The molecule has 2 aromatic heterocycles. The quantitative estimate of drug-likeness (QED) is 0.622. The Hall–Kier alpha value is -3.47. The van der Waals surface area contributed by atoms with E-state index in [1.54, 1.807) is 32.2 Å². The number of hydrogen-bond acceptors (Lipinski definition) is 5. The summed E-state index contributed by atoms with van der Waals surface area (Å²) in [4.78, 5) is 42.1. The monoisotopic (exact) mass is 367 g/mol. The molecular weight excluding hydrogens is 346 g/mol. The molecule has 27 heavy (non-hydrogen) atoms. The number of aryl methyl sites for hydroxylation is 1. The highest BCUT2D eigenvalue weighted by molar-refractivity contribution is 5.93. The summed E-state index contributed by atoms with van der Waals surface area (Å²) >= 11 is 0. The lowest BCUT2D eigenvalue weighted by molar-refractivity contribution is -0.121. The number of hydrogen-bond donors (Lipinski definition) is 3. The van der Waals surface area contributed by atoms with Crippen molar-refractivity contribution in [2.45, 2.75) is 26.7 Å². The molecular formula is C19H21N5O3. The van der Waals surface area contributed by atoms with Gasteiger partial charge in [0.1, 0.15) is 11.6 Å². The van der Waals surface area contributed by atoms with E-state index in [0.717, 1.165) is 5.56 Å². The molecule has 140 valence electrons. The number of carbonyl (C=O) groups is 2. The van der Waals surface area contributed by atoms with E-state index in [9.17, 15) is 14.4 Å². The van der Waals surface area contributed by atoms with Crippen molar-refractivity contribution >= 4 is 11.8 Å². The van der Waals surface area contributed by atoms with E-state index in [4.69, 9.17) is 5.26 Å². The van der Waals surface area contributed by atoms with Crippen LogP contribution in [0.1, 0.15) is 39.2 Å². The number of nitriles is 1. The van der Waals surface area contributed by atoms with Crippen LogP contribution in [0, 0.1) is 25.2 Å². The third-order valence-corrected chi connectivity index (χ3v) is 4.18. The highest BCUT2D eigenvalue weighted by Gasteiger charge is 2.13. The summed E-state index contributed by atoms with van der Waals surface area (Å²) in [6.45, 7) is 4.06. The van der Waals surface area contributed by atoms with Gasteiger partial charge in [0.25, 0.3) is 11.5 Å². The second-order valence-corrected chi connectivity index (χ2v) is 6.02. The third kappa shape index (κ3) is 5.25. The molecule has 2 heterocycles. The van der Waals surface area contributed by atoms with Gasteiger partial charge in [0.2, 0.25) is 5.91 Å². The van der Waals surface area contributed by atoms with E-state index in [1.165, 1.54) is 6.20 Å². The maximum absolute atomic E-state index is 12.0. The van der Waals surface area contributed by atoms with E-state index in [2.05, 4.69) is 20.6 Å². The standard InChI is InChI=1S/C19H21N5O3/c1-12-15(13(2)24-19(27)16(12)10-20)5-6-17(25)22-8-9-23-18(26)14-4-3-7-21-11-14/h3-4,7,11H,5-6,8-9H2,1-2H3,(H,22,25)(H,23,26)(H,24,27). The normalized spacial score (nSPS) is 10.1. The first-order valence-corrected chi connectivity index (χ1v) is 8.51. The van der Waals surface area contributed by atoms with Crippen LogP contribution in [0.15, 0.2) is 29.3 Å². The highest BCUT2D eigenvalue weighted by Crippen LogP contribution is 2.14. The summed E-state index contributed by atoms with van der Waals surface area (Å²) in [5, 5.41) is 14.5. The van der Waals surface area contributed by atoms with Crippen LogP contribution in [0.3, 0.4) is 0 Å². The summed E-state index contributed by atoms with van der Waals surface area (Å²) < 4.78 is 0. The van der Waals surface area contributed by atoms with Crippen molar-refractivity contribution in [2.75, 3.05) is 13.1 Å². The average Bonchev–Trinajstić information content (AvgIpc) is 2.65. The second-order valence-electron chi connectivity index (χ2n) is 6.02. The first-order valence-electron chi connectivity index (χ1n) is 8.51. The van der Waals surface area contributed by atoms with Crippen molar-refractivity contribution in [3.63, 3.8) is 0 Å². The topological polar surface area (TPSA) is 128 Å². The number of pyridine rings is 2. The number of H-pyrrole nitrogens is 1. The molecule has 3 N–H and O–H groups in total. The molecule has 0 bridgehead atoms. The number of nitrogens with one attached hydrogen (secondary N) is 3. The number of aromatic nitrogens is 2. The van der Waals surface area contributed by atoms with Crippen molar-refractivity contribution in [3.05, 3.63) is 62.8 Å². The van der Waals surface area contributed by atoms with Crippen LogP contribution in [0.4, 0.5) is 0 Å². The van der Waals surface area contributed by atoms with Gasteiger partial charge in [0.05, 0.1) is 5.56 Å². The summed E-state index contributed by atoms with van der Waals surface area (Å²) in [6, 6.07) is 5.23. The van der Waals surface area contributed by atoms with E-state index >= 15 is 0 Å². The molecule has 0 radical (unpaired) electrons. The summed E-state index contributed by atoms with van der Waals surface area (Å²) in [5.74, 6) is -0.421. The van der Waals surface area contributed by atoms with Gasteiger partial charge in [0.15, 0.2) is 0 Å². The molecule has 2 amide bonds. The Morgan fingerprint density at radius 2 is 2.00 bits per heavy atom. The van der Waals surface area contributed by atoms with E-state index in [0.29, 0.717) is 36.3 Å². The summed E-state index contributed by atoms with van der Waals surface area (Å²) in [5.41, 5.74) is 2.19. The minimum absolute atomic E-state index is 0.0779. The number of amides is 2. The van der Waals surface area contributed by atoms with Gasteiger partial charge in [-0.1, -0.05) is 0 Å². The number of rotatable bonds is 7. The molecule has 0 atom stereocenters. The molecule has 2 aromatic rings. The molecule has 0 aliphatic rings. The SMILES string of the molecule is Cc1[nH]c(=O)c(C#N)c(C)c1CCC(=O)NCCNC(=O)c1cccnc1. The average molecular weight is 367 g/mol. The van der Waals surface area contributed by atoms with Gasteiger partial charge in [-0.05, 0) is 43.5 Å². The fourth-order valence-corrected chi connectivity index (χ4v) is 2.72. The molecule has 0 aliphatic heterocycles. The molecule has 8 heteroatoms. The van der Waals surface area contributed by atoms with Crippen molar-refractivity contribution in [2.24, 2.45) is 0 Å². The Labute approximate surface area is 156 Å². The zero-order valence-corrected chi connectivity index (χ0v) is 15.3. The lowest BCUT2D eigenvalue weighted by atomic mass is 9.99. The van der Waals surface area contributed by atoms with Gasteiger partial charge in [0, 0.05) is 37.6 Å². The van der Waals surface area contributed by atoms with Crippen molar-refractivity contribution in [3.8, 4) is 6.07 Å². The lowest BCUT2D eigenvalue weighted by Gasteiger charge is -2.11. The molecule has 2 rings (SSSR count). The highest BCUT2D eigenvalue weighted by atomic mass is 16.2. The van der Waals surface area contributed by atoms with E-state index < -0.39 is 5.56 Å². The van der Waals surface area contributed by atoms with Gasteiger partial charge in [-0.25, -0.2) is 0 Å². The third-order valence-electron chi connectivity index (χ3n) is 4.18. The number of aromatic amines is 1. The Bertz CT molecular complexity index is 929. The second kappa shape index (κ2) is 9.29. The van der Waals surface area contributed by atoms with Crippen LogP contribution in [0.5, 0.6) is 0 Å². The molecule has 0 spiro atoms. The molecule has 0 aromatic carbocycles. The zero-order valence-electron chi connectivity index (χ0n) is 15.3. The van der Waals surface area contributed by atoms with Crippen LogP contribution < -0.4 is 16.2 Å². The predicted molar refractivity (Wildman–Crippen MR) is 99.2 cm³/mol. The van der Waals surface area contributed by atoms with Gasteiger partial charge >= 0.3 is 0 Å². The fourth-order valence-electron chi connectivity index (χ4n) is 2.72. The largest absolute Gasteiger partial charge is 0.354 e. The summed E-state index contributed by atoms with van der Waals surface area (Å²) in [6.07, 6.45) is 3.69. The smallest absolute Gasteiger partial charge is 0.266 e. The van der Waals surface area contributed by atoms with Gasteiger partial charge in [-0.3, -0.25) is 19.4 Å². The maximum atomic E-state index is 12.0. The fraction of sp³-hybridized carbons (Fsp3) is 0.316. The number of nitrogens with zero attached hydrogens (tertiary/aromatic N) is 2. The molecule has 0 unspecified atom stereocenters. The van der Waals surface area contributed by atoms with Gasteiger partial charge in [-0.15, -0.1) is 0 Å². The molecule has 0 saturated carbocycles. The van der Waals surface area contributed by atoms with Gasteiger partial charge in [-0.2, -0.15) is 5.26 Å².